The monoisotopic (exact) mass is 195 g/mol. The Kier molecular flexibility index (Phi) is 2.45. The molecule has 1 aromatic carbocycles. The van der Waals surface area contributed by atoms with Gasteiger partial charge >= 0.3 is 0 Å². The van der Waals surface area contributed by atoms with Gasteiger partial charge in [-0.25, -0.2) is 0 Å². The van der Waals surface area contributed by atoms with Crippen molar-refractivity contribution in [2.45, 2.75) is 19.8 Å². The van der Waals surface area contributed by atoms with Gasteiger partial charge in [0.05, 0.1) is 0 Å². The van der Waals surface area contributed by atoms with Crippen LogP contribution in [0.3, 0.4) is 0 Å². The fourth-order valence-electron chi connectivity index (χ4n) is 1.75. The Labute approximate surface area is 84.3 Å². The van der Waals surface area contributed by atoms with Crippen molar-refractivity contribution < 1.29 is 0 Å². The molecule has 13 heavy (non-hydrogen) atoms. The lowest BCUT2D eigenvalue weighted by Crippen LogP contribution is -2.17. The van der Waals surface area contributed by atoms with Gasteiger partial charge in [-0.3, -0.25) is 0 Å². The maximum atomic E-state index is 6.07. The number of aryl methyl sites for hydroxylation is 1. The molecule has 70 valence electrons. The molecule has 1 nitrogen and oxygen atoms in total. The van der Waals surface area contributed by atoms with Crippen molar-refractivity contribution in [3.8, 4) is 0 Å². The van der Waals surface area contributed by atoms with E-state index in [1.54, 1.807) is 0 Å². The van der Waals surface area contributed by atoms with Gasteiger partial charge in [-0.2, -0.15) is 0 Å². The average molecular weight is 196 g/mol. The summed E-state index contributed by atoms with van der Waals surface area (Å²) in [5, 5.41) is 0.879. The SMILES string of the molecule is Cc1ccc(N2CCCC2)cc1Cl. The van der Waals surface area contributed by atoms with E-state index in [0.717, 1.165) is 10.6 Å². The van der Waals surface area contributed by atoms with Crippen LogP contribution in [0.4, 0.5) is 5.69 Å². The maximum Gasteiger partial charge on any atom is 0.0455 e. The van der Waals surface area contributed by atoms with Crippen LogP contribution >= 0.6 is 11.6 Å². The molecule has 1 fully saturated rings. The summed E-state index contributed by atoms with van der Waals surface area (Å²) in [6.07, 6.45) is 2.62. The van der Waals surface area contributed by atoms with E-state index < -0.39 is 0 Å². The van der Waals surface area contributed by atoms with Crippen LogP contribution in [0.5, 0.6) is 0 Å². The summed E-state index contributed by atoms with van der Waals surface area (Å²) in [5.74, 6) is 0. The predicted molar refractivity (Wildman–Crippen MR) is 57.6 cm³/mol. The van der Waals surface area contributed by atoms with Crippen LogP contribution in [-0.2, 0) is 0 Å². The topological polar surface area (TPSA) is 3.24 Å². The molecule has 0 N–H and O–H groups in total. The molecule has 0 unspecified atom stereocenters. The van der Waals surface area contributed by atoms with Crippen LogP contribution in [0.2, 0.25) is 5.02 Å². The summed E-state index contributed by atoms with van der Waals surface area (Å²) < 4.78 is 0. The van der Waals surface area contributed by atoms with Gasteiger partial charge in [-0.15, -0.1) is 0 Å². The van der Waals surface area contributed by atoms with Crippen LogP contribution < -0.4 is 4.90 Å². The Morgan fingerprint density at radius 3 is 2.54 bits per heavy atom. The lowest BCUT2D eigenvalue weighted by molar-refractivity contribution is 0.949. The highest BCUT2D eigenvalue weighted by Crippen LogP contribution is 2.25. The van der Waals surface area contributed by atoms with Crippen LogP contribution in [-0.4, -0.2) is 13.1 Å². The van der Waals surface area contributed by atoms with Gasteiger partial charge in [0.1, 0.15) is 0 Å². The van der Waals surface area contributed by atoms with Gasteiger partial charge in [0.15, 0.2) is 0 Å². The molecule has 0 spiro atoms. The lowest BCUT2D eigenvalue weighted by atomic mass is 10.2. The largest absolute Gasteiger partial charge is 0.371 e. The number of rotatable bonds is 1. The van der Waals surface area contributed by atoms with Crippen LogP contribution in [0.15, 0.2) is 18.2 Å². The van der Waals surface area contributed by atoms with Gasteiger partial charge < -0.3 is 4.90 Å². The number of hydrogen-bond acceptors (Lipinski definition) is 1. The van der Waals surface area contributed by atoms with Crippen molar-refractivity contribution in [2.75, 3.05) is 18.0 Å². The highest BCUT2D eigenvalue weighted by atomic mass is 35.5. The van der Waals surface area contributed by atoms with Crippen molar-refractivity contribution in [2.24, 2.45) is 0 Å². The van der Waals surface area contributed by atoms with E-state index in [2.05, 4.69) is 23.1 Å². The molecule has 0 atom stereocenters. The first-order chi connectivity index (χ1) is 6.27. The lowest BCUT2D eigenvalue weighted by Gasteiger charge is -2.18. The molecule has 0 aromatic heterocycles. The van der Waals surface area contributed by atoms with Crippen molar-refractivity contribution in [1.29, 1.82) is 0 Å². The molecule has 1 heterocycles. The molecule has 1 aliphatic rings. The number of benzene rings is 1. The van der Waals surface area contributed by atoms with Gasteiger partial charge in [-0.05, 0) is 37.5 Å². The van der Waals surface area contributed by atoms with E-state index in [1.807, 2.05) is 6.92 Å². The molecule has 0 bridgehead atoms. The Morgan fingerprint density at radius 2 is 1.92 bits per heavy atom. The van der Waals surface area contributed by atoms with Crippen molar-refractivity contribution >= 4 is 17.3 Å². The molecule has 0 radical (unpaired) electrons. The fraction of sp³-hybridized carbons (Fsp3) is 0.455. The van der Waals surface area contributed by atoms with Gasteiger partial charge in [-0.1, -0.05) is 17.7 Å². The van der Waals surface area contributed by atoms with Gasteiger partial charge in [0.25, 0.3) is 0 Å². The zero-order valence-corrected chi connectivity index (χ0v) is 8.64. The third kappa shape index (κ3) is 1.80. The second-order valence-corrected chi connectivity index (χ2v) is 4.03. The average Bonchev–Trinajstić information content (AvgIpc) is 2.62. The molecular formula is C11H14ClN. The molecular weight excluding hydrogens is 182 g/mol. The maximum absolute atomic E-state index is 6.07. The highest BCUT2D eigenvalue weighted by Gasteiger charge is 2.12. The summed E-state index contributed by atoms with van der Waals surface area (Å²) in [4.78, 5) is 2.39. The van der Waals surface area contributed by atoms with Crippen molar-refractivity contribution in [3.05, 3.63) is 28.8 Å². The van der Waals surface area contributed by atoms with Gasteiger partial charge in [0, 0.05) is 23.8 Å². The van der Waals surface area contributed by atoms with Crippen molar-refractivity contribution in [1.82, 2.24) is 0 Å². The smallest absolute Gasteiger partial charge is 0.0455 e. The van der Waals surface area contributed by atoms with E-state index in [1.165, 1.54) is 31.6 Å². The Hall–Kier alpha value is -0.690. The Morgan fingerprint density at radius 1 is 1.23 bits per heavy atom. The molecule has 1 saturated heterocycles. The predicted octanol–water partition coefficient (Wildman–Crippen LogP) is 3.25. The minimum absolute atomic E-state index is 0.879. The number of hydrogen-bond donors (Lipinski definition) is 0. The zero-order valence-electron chi connectivity index (χ0n) is 7.89. The van der Waals surface area contributed by atoms with E-state index in [4.69, 9.17) is 11.6 Å². The molecule has 2 heteroatoms. The normalized spacial score (nSPS) is 16.6. The molecule has 0 amide bonds. The van der Waals surface area contributed by atoms with E-state index in [0.29, 0.717) is 0 Å². The first-order valence-corrected chi connectivity index (χ1v) is 5.16. The number of halogens is 1. The second-order valence-electron chi connectivity index (χ2n) is 3.63. The first-order valence-electron chi connectivity index (χ1n) is 4.78. The van der Waals surface area contributed by atoms with E-state index in [-0.39, 0.29) is 0 Å². The fourth-order valence-corrected chi connectivity index (χ4v) is 1.93. The summed E-state index contributed by atoms with van der Waals surface area (Å²) in [7, 11) is 0. The van der Waals surface area contributed by atoms with Crippen molar-refractivity contribution in [3.63, 3.8) is 0 Å². The molecule has 2 rings (SSSR count). The first kappa shape index (κ1) is 8.89. The minimum Gasteiger partial charge on any atom is -0.371 e. The molecule has 1 aliphatic heterocycles. The summed E-state index contributed by atoms with van der Waals surface area (Å²) in [5.41, 5.74) is 2.43. The third-order valence-corrected chi connectivity index (χ3v) is 3.03. The van der Waals surface area contributed by atoms with Crippen LogP contribution in [0.1, 0.15) is 18.4 Å². The molecule has 0 aliphatic carbocycles. The number of nitrogens with zero attached hydrogens (tertiary/aromatic N) is 1. The summed E-state index contributed by atoms with van der Waals surface area (Å²) >= 11 is 6.07. The molecule has 0 saturated carbocycles. The molecule has 1 aromatic rings. The number of anilines is 1. The zero-order chi connectivity index (χ0) is 9.26. The highest BCUT2D eigenvalue weighted by molar-refractivity contribution is 6.31. The van der Waals surface area contributed by atoms with Gasteiger partial charge in [0.2, 0.25) is 0 Å². The quantitative estimate of drug-likeness (QED) is 0.665. The van der Waals surface area contributed by atoms with E-state index >= 15 is 0 Å². The second kappa shape index (κ2) is 3.59. The summed E-state index contributed by atoms with van der Waals surface area (Å²) in [6.45, 7) is 4.40. The van der Waals surface area contributed by atoms with Crippen LogP contribution in [0.25, 0.3) is 0 Å². The minimum atomic E-state index is 0.879. The van der Waals surface area contributed by atoms with E-state index in [9.17, 15) is 0 Å². The third-order valence-electron chi connectivity index (χ3n) is 2.63. The summed E-state index contributed by atoms with van der Waals surface area (Å²) in [6, 6.07) is 6.32. The Bertz CT molecular complexity index is 303. The standard InChI is InChI=1S/C11H14ClN/c1-9-4-5-10(8-11(9)12)13-6-2-3-7-13/h4-5,8H,2-3,6-7H2,1H3. The Balaban J connectivity index is 2.25. The van der Waals surface area contributed by atoms with Crippen LogP contribution in [0, 0.1) is 6.92 Å².